The smallest absolute Gasteiger partial charge is 0.234 e. The number of nitrogens with one attached hydrogen (secondary N) is 2. The van der Waals surface area contributed by atoms with Crippen LogP contribution in [0.4, 0.5) is 0 Å². The molecule has 1 saturated carbocycles. The van der Waals surface area contributed by atoms with Gasteiger partial charge in [-0.25, -0.2) is 0 Å². The van der Waals surface area contributed by atoms with E-state index in [2.05, 4.69) is 39.9 Å². The molecule has 0 aliphatic heterocycles. The van der Waals surface area contributed by atoms with Crippen molar-refractivity contribution in [1.29, 1.82) is 0 Å². The predicted octanol–water partition coefficient (Wildman–Crippen LogP) is 4.03. The van der Waals surface area contributed by atoms with E-state index >= 15 is 0 Å². The van der Waals surface area contributed by atoms with E-state index in [4.69, 9.17) is 0 Å². The summed E-state index contributed by atoms with van der Waals surface area (Å²) in [5.41, 5.74) is 3.18. The number of carbonyl (C=O) groups excluding carboxylic acids is 1. The Bertz CT molecular complexity index is 840. The van der Waals surface area contributed by atoms with Crippen molar-refractivity contribution < 1.29 is 4.79 Å². The maximum Gasteiger partial charge on any atom is 0.234 e. The lowest BCUT2D eigenvalue weighted by Gasteiger charge is -2.22. The molecular weight excluding hydrogens is 346 g/mol. The molecule has 0 spiro atoms. The highest BCUT2D eigenvalue weighted by molar-refractivity contribution is 5.78. The second kappa shape index (κ2) is 8.81. The van der Waals surface area contributed by atoms with Crippen molar-refractivity contribution in [2.45, 2.75) is 24.9 Å². The molecule has 28 heavy (non-hydrogen) atoms. The Labute approximate surface area is 166 Å². The highest BCUT2D eigenvalue weighted by Crippen LogP contribution is 2.40. The first-order valence-electron chi connectivity index (χ1n) is 9.85. The van der Waals surface area contributed by atoms with Gasteiger partial charge in [0.2, 0.25) is 5.91 Å². The number of hydrogen-bond donors (Lipinski definition) is 2. The average molecular weight is 371 g/mol. The van der Waals surface area contributed by atoms with E-state index in [1.54, 1.807) is 6.20 Å². The van der Waals surface area contributed by atoms with Crippen molar-refractivity contribution in [3.63, 3.8) is 0 Å². The lowest BCUT2D eigenvalue weighted by molar-refractivity contribution is -0.121. The summed E-state index contributed by atoms with van der Waals surface area (Å²) in [5, 5.41) is 6.63. The van der Waals surface area contributed by atoms with Crippen molar-refractivity contribution >= 4 is 5.91 Å². The highest BCUT2D eigenvalue weighted by Gasteiger charge is 2.33. The van der Waals surface area contributed by atoms with Gasteiger partial charge in [0, 0.05) is 6.20 Å². The zero-order valence-corrected chi connectivity index (χ0v) is 15.8. The van der Waals surface area contributed by atoms with Crippen LogP contribution in [0.5, 0.6) is 0 Å². The molecule has 1 heterocycles. The molecule has 1 aliphatic rings. The van der Waals surface area contributed by atoms with Gasteiger partial charge in [-0.2, -0.15) is 0 Å². The third-order valence-corrected chi connectivity index (χ3v) is 5.15. The summed E-state index contributed by atoms with van der Waals surface area (Å²) >= 11 is 0. The second-order valence-electron chi connectivity index (χ2n) is 7.27. The van der Waals surface area contributed by atoms with Crippen LogP contribution in [0.25, 0.3) is 0 Å². The maximum absolute atomic E-state index is 12.7. The molecular formula is C24H25N3O. The SMILES string of the molecule is O=C(CNC(c1ccccc1)c1ccccn1)NC(c1ccccc1)C1CC1. The molecule has 2 N–H and O–H groups in total. The van der Waals surface area contributed by atoms with Gasteiger partial charge in [-0.1, -0.05) is 66.7 Å². The van der Waals surface area contributed by atoms with Crippen molar-refractivity contribution in [3.05, 3.63) is 102 Å². The maximum atomic E-state index is 12.7. The summed E-state index contributed by atoms with van der Waals surface area (Å²) < 4.78 is 0. The normalized spacial score (nSPS) is 15.6. The molecule has 2 aromatic carbocycles. The first-order chi connectivity index (χ1) is 13.8. The summed E-state index contributed by atoms with van der Waals surface area (Å²) in [6.45, 7) is 0.242. The van der Waals surface area contributed by atoms with Gasteiger partial charge in [0.25, 0.3) is 0 Å². The van der Waals surface area contributed by atoms with Crippen molar-refractivity contribution in [2.75, 3.05) is 6.54 Å². The number of amides is 1. The van der Waals surface area contributed by atoms with Crippen LogP contribution in [-0.4, -0.2) is 17.4 Å². The van der Waals surface area contributed by atoms with Crippen LogP contribution in [0.3, 0.4) is 0 Å². The molecule has 0 bridgehead atoms. The number of carbonyl (C=O) groups is 1. The van der Waals surface area contributed by atoms with E-state index in [0.29, 0.717) is 5.92 Å². The number of hydrogen-bond acceptors (Lipinski definition) is 3. The molecule has 0 radical (unpaired) electrons. The average Bonchev–Trinajstić information content (AvgIpc) is 3.60. The fourth-order valence-electron chi connectivity index (χ4n) is 3.57. The predicted molar refractivity (Wildman–Crippen MR) is 111 cm³/mol. The molecule has 4 heteroatoms. The van der Waals surface area contributed by atoms with Gasteiger partial charge < -0.3 is 5.32 Å². The van der Waals surface area contributed by atoms with Crippen molar-refractivity contribution in [2.24, 2.45) is 5.92 Å². The van der Waals surface area contributed by atoms with Crippen LogP contribution < -0.4 is 10.6 Å². The first kappa shape index (κ1) is 18.4. The van der Waals surface area contributed by atoms with Crippen LogP contribution in [-0.2, 0) is 4.79 Å². The number of benzene rings is 2. The molecule has 2 unspecified atom stereocenters. The fraction of sp³-hybridized carbons (Fsp3) is 0.250. The third-order valence-electron chi connectivity index (χ3n) is 5.15. The Morgan fingerprint density at radius 2 is 1.54 bits per heavy atom. The molecule has 1 fully saturated rings. The van der Waals surface area contributed by atoms with E-state index in [1.807, 2.05) is 54.6 Å². The minimum Gasteiger partial charge on any atom is -0.348 e. The lowest BCUT2D eigenvalue weighted by Crippen LogP contribution is -2.38. The zero-order chi connectivity index (χ0) is 19.2. The summed E-state index contributed by atoms with van der Waals surface area (Å²) in [7, 11) is 0. The lowest BCUT2D eigenvalue weighted by atomic mass is 10.0. The standard InChI is InChI=1S/C24H25N3O/c28-22(27-23(20-14-15-20)18-9-3-1-4-10-18)17-26-24(19-11-5-2-6-12-19)21-13-7-8-16-25-21/h1-13,16,20,23-24,26H,14-15,17H2,(H,27,28). The Balaban J connectivity index is 1.44. The van der Waals surface area contributed by atoms with Crippen molar-refractivity contribution in [1.82, 2.24) is 15.6 Å². The minimum absolute atomic E-state index is 0.0117. The molecule has 4 rings (SSSR count). The van der Waals surface area contributed by atoms with Crippen LogP contribution >= 0.6 is 0 Å². The first-order valence-corrected chi connectivity index (χ1v) is 9.85. The molecule has 1 aromatic heterocycles. The fourth-order valence-corrected chi connectivity index (χ4v) is 3.57. The van der Waals surface area contributed by atoms with E-state index < -0.39 is 0 Å². The van der Waals surface area contributed by atoms with Gasteiger partial charge in [-0.05, 0) is 42.0 Å². The van der Waals surface area contributed by atoms with E-state index in [0.717, 1.165) is 11.3 Å². The molecule has 4 nitrogen and oxygen atoms in total. The quantitative estimate of drug-likeness (QED) is 0.629. The van der Waals surface area contributed by atoms with Crippen LogP contribution in [0, 0.1) is 5.92 Å². The Hall–Kier alpha value is -2.98. The molecule has 2 atom stereocenters. The van der Waals surface area contributed by atoms with Gasteiger partial charge >= 0.3 is 0 Å². The molecule has 0 saturated heterocycles. The van der Waals surface area contributed by atoms with E-state index in [1.165, 1.54) is 18.4 Å². The number of aromatic nitrogens is 1. The summed E-state index contributed by atoms with van der Waals surface area (Å²) in [6, 6.07) is 26.2. The van der Waals surface area contributed by atoms with E-state index in [-0.39, 0.29) is 24.5 Å². The summed E-state index contributed by atoms with van der Waals surface area (Å²) in [5.74, 6) is 0.560. The number of pyridine rings is 1. The zero-order valence-electron chi connectivity index (χ0n) is 15.8. The van der Waals surface area contributed by atoms with Crippen LogP contribution in [0.15, 0.2) is 85.1 Å². The van der Waals surface area contributed by atoms with Gasteiger partial charge in [0.05, 0.1) is 24.3 Å². The number of nitrogens with zero attached hydrogens (tertiary/aromatic N) is 1. The monoisotopic (exact) mass is 371 g/mol. The van der Waals surface area contributed by atoms with Gasteiger partial charge in [0.1, 0.15) is 0 Å². The molecule has 1 amide bonds. The third kappa shape index (κ3) is 4.65. The van der Waals surface area contributed by atoms with Gasteiger partial charge in [0.15, 0.2) is 0 Å². The van der Waals surface area contributed by atoms with Gasteiger partial charge in [-0.3, -0.25) is 15.1 Å². The minimum atomic E-state index is -0.121. The van der Waals surface area contributed by atoms with Crippen LogP contribution in [0.1, 0.15) is 41.7 Å². The summed E-state index contributed by atoms with van der Waals surface area (Å²) in [6.07, 6.45) is 4.13. The topological polar surface area (TPSA) is 54.0 Å². The Kier molecular flexibility index (Phi) is 5.78. The largest absolute Gasteiger partial charge is 0.348 e. The molecule has 142 valence electrons. The highest BCUT2D eigenvalue weighted by atomic mass is 16.2. The Morgan fingerprint density at radius 3 is 2.14 bits per heavy atom. The van der Waals surface area contributed by atoms with Crippen molar-refractivity contribution in [3.8, 4) is 0 Å². The summed E-state index contributed by atoms with van der Waals surface area (Å²) in [4.78, 5) is 17.2. The van der Waals surface area contributed by atoms with Crippen LogP contribution in [0.2, 0.25) is 0 Å². The Morgan fingerprint density at radius 1 is 0.893 bits per heavy atom. The molecule has 1 aliphatic carbocycles. The number of rotatable bonds is 8. The second-order valence-corrected chi connectivity index (χ2v) is 7.27. The van der Waals surface area contributed by atoms with Gasteiger partial charge in [-0.15, -0.1) is 0 Å². The molecule has 3 aromatic rings. The van der Waals surface area contributed by atoms with E-state index in [9.17, 15) is 4.79 Å².